The summed E-state index contributed by atoms with van der Waals surface area (Å²) in [5.41, 5.74) is 0.974. The number of ether oxygens (including phenoxy) is 1. The third-order valence-electron chi connectivity index (χ3n) is 3.78. The van der Waals surface area contributed by atoms with Crippen molar-refractivity contribution in [3.63, 3.8) is 0 Å². The van der Waals surface area contributed by atoms with Gasteiger partial charge in [0.15, 0.2) is 0 Å². The van der Waals surface area contributed by atoms with Crippen LogP contribution in [-0.4, -0.2) is 39.3 Å². The number of rotatable bonds is 5. The molecule has 0 amide bonds. The largest absolute Gasteiger partial charge is 0.480 e. The van der Waals surface area contributed by atoms with Crippen LogP contribution in [0.3, 0.4) is 0 Å². The molecule has 0 fully saturated rings. The van der Waals surface area contributed by atoms with E-state index in [0.717, 1.165) is 0 Å². The molecule has 0 spiro atoms. The average molecular weight is 358 g/mol. The summed E-state index contributed by atoms with van der Waals surface area (Å²) in [6, 6.07) is 5.63. The molecule has 134 valence electrons. The normalized spacial score (nSPS) is 10.8. The summed E-state index contributed by atoms with van der Waals surface area (Å²) in [6.07, 6.45) is 1.22. The van der Waals surface area contributed by atoms with Crippen LogP contribution >= 0.6 is 0 Å². The first-order valence-electron chi connectivity index (χ1n) is 7.57. The Kier molecular flexibility index (Phi) is 4.55. The lowest BCUT2D eigenvalue weighted by Crippen LogP contribution is -2.13. The van der Waals surface area contributed by atoms with Gasteiger partial charge in [-0.15, -0.1) is 0 Å². The Bertz CT molecular complexity index is 1010. The van der Waals surface area contributed by atoms with Gasteiger partial charge in [0, 0.05) is 17.7 Å². The summed E-state index contributed by atoms with van der Waals surface area (Å²) in [5.74, 6) is -1.24. The van der Waals surface area contributed by atoms with Gasteiger partial charge in [-0.25, -0.2) is 9.78 Å². The van der Waals surface area contributed by atoms with Gasteiger partial charge in [0.2, 0.25) is 0 Å². The number of nitrogens with zero attached hydrogens (tertiary/aromatic N) is 2. The van der Waals surface area contributed by atoms with E-state index < -0.39 is 16.8 Å². The molecule has 0 aliphatic heterocycles. The number of furan rings is 1. The van der Waals surface area contributed by atoms with Crippen LogP contribution in [0.5, 0.6) is 5.95 Å². The predicted molar refractivity (Wildman–Crippen MR) is 89.9 cm³/mol. The van der Waals surface area contributed by atoms with Crippen LogP contribution in [-0.2, 0) is 4.74 Å². The molecule has 3 rings (SSSR count). The van der Waals surface area contributed by atoms with Crippen LogP contribution in [0.4, 0.5) is 5.69 Å². The molecule has 9 nitrogen and oxygen atoms in total. The van der Waals surface area contributed by atoms with Crippen molar-refractivity contribution in [2.45, 2.75) is 6.92 Å². The maximum absolute atomic E-state index is 12.5. The fourth-order valence-electron chi connectivity index (χ4n) is 2.72. The summed E-state index contributed by atoms with van der Waals surface area (Å²) in [7, 11) is 0. The highest BCUT2D eigenvalue weighted by Gasteiger charge is 2.26. The van der Waals surface area contributed by atoms with E-state index in [0.29, 0.717) is 16.8 Å². The Morgan fingerprint density at radius 2 is 2.19 bits per heavy atom. The summed E-state index contributed by atoms with van der Waals surface area (Å²) in [4.78, 5) is 27.2. The zero-order valence-electron chi connectivity index (χ0n) is 13.6. The molecule has 9 heteroatoms. The quantitative estimate of drug-likeness (QED) is 0.403. The monoisotopic (exact) mass is 358 g/mol. The SMILES string of the molecule is Cc1nc2coc(O)c2c(-c2cccc([N+](=O)[O-])c2)c1C(=O)OCCO. The minimum absolute atomic E-state index is 0.0307. The minimum atomic E-state index is -0.770. The average Bonchev–Trinajstić information content (AvgIpc) is 2.99. The number of nitro groups is 1. The van der Waals surface area contributed by atoms with E-state index >= 15 is 0 Å². The maximum atomic E-state index is 12.5. The third-order valence-corrected chi connectivity index (χ3v) is 3.78. The summed E-state index contributed by atoms with van der Waals surface area (Å²) in [6.45, 7) is 0.992. The number of aliphatic hydroxyl groups excluding tert-OH is 1. The van der Waals surface area contributed by atoms with E-state index in [1.54, 1.807) is 13.0 Å². The molecule has 0 saturated carbocycles. The number of aliphatic hydroxyl groups is 1. The number of pyridine rings is 1. The highest BCUT2D eigenvalue weighted by molar-refractivity contribution is 6.09. The molecule has 2 aromatic heterocycles. The van der Waals surface area contributed by atoms with Crippen LogP contribution in [0.15, 0.2) is 34.9 Å². The molecule has 3 aromatic rings. The van der Waals surface area contributed by atoms with Crippen molar-refractivity contribution in [2.75, 3.05) is 13.2 Å². The number of aromatic hydroxyl groups is 1. The second-order valence-electron chi connectivity index (χ2n) is 5.42. The number of fused-ring (bicyclic) bond motifs is 1. The van der Waals surface area contributed by atoms with Crippen molar-refractivity contribution in [3.05, 3.63) is 51.9 Å². The fourth-order valence-corrected chi connectivity index (χ4v) is 2.72. The molecule has 1 aromatic carbocycles. The number of carbonyl (C=O) groups is 1. The number of non-ortho nitro benzene ring substituents is 1. The zero-order chi connectivity index (χ0) is 18.8. The van der Waals surface area contributed by atoms with E-state index in [9.17, 15) is 20.0 Å². The lowest BCUT2D eigenvalue weighted by molar-refractivity contribution is -0.384. The fraction of sp³-hybridized carbons (Fsp3) is 0.176. The minimum Gasteiger partial charge on any atom is -0.480 e. The first kappa shape index (κ1) is 17.4. The number of carbonyl (C=O) groups excluding carboxylic acids is 1. The van der Waals surface area contributed by atoms with Gasteiger partial charge in [-0.05, 0) is 12.5 Å². The second kappa shape index (κ2) is 6.81. The van der Waals surface area contributed by atoms with E-state index in [4.69, 9.17) is 14.3 Å². The molecule has 2 heterocycles. The maximum Gasteiger partial charge on any atom is 0.340 e. The van der Waals surface area contributed by atoms with Crippen LogP contribution in [0.1, 0.15) is 16.1 Å². The molecular weight excluding hydrogens is 344 g/mol. The topological polar surface area (TPSA) is 136 Å². The van der Waals surface area contributed by atoms with Crippen LogP contribution in [0.2, 0.25) is 0 Å². The van der Waals surface area contributed by atoms with Crippen LogP contribution in [0, 0.1) is 17.0 Å². The summed E-state index contributed by atoms with van der Waals surface area (Å²) >= 11 is 0. The lowest BCUT2D eigenvalue weighted by Gasteiger charge is -2.13. The van der Waals surface area contributed by atoms with Gasteiger partial charge in [-0.2, -0.15) is 0 Å². The number of hydrogen-bond donors (Lipinski definition) is 2. The van der Waals surface area contributed by atoms with Crippen molar-refractivity contribution in [2.24, 2.45) is 0 Å². The van der Waals surface area contributed by atoms with Gasteiger partial charge in [0.25, 0.3) is 11.6 Å². The molecule has 0 saturated heterocycles. The number of aromatic nitrogens is 1. The van der Waals surface area contributed by atoms with E-state index in [1.165, 1.54) is 24.5 Å². The van der Waals surface area contributed by atoms with Gasteiger partial charge >= 0.3 is 5.97 Å². The molecule has 0 aliphatic rings. The van der Waals surface area contributed by atoms with E-state index in [2.05, 4.69) is 4.98 Å². The Balaban J connectivity index is 2.33. The van der Waals surface area contributed by atoms with Crippen molar-refractivity contribution in [3.8, 4) is 17.1 Å². The van der Waals surface area contributed by atoms with Gasteiger partial charge in [-0.3, -0.25) is 10.1 Å². The van der Waals surface area contributed by atoms with Crippen LogP contribution < -0.4 is 0 Å². The van der Waals surface area contributed by atoms with E-state index in [-0.39, 0.29) is 35.4 Å². The second-order valence-corrected chi connectivity index (χ2v) is 5.42. The molecule has 0 radical (unpaired) electrons. The molecule has 26 heavy (non-hydrogen) atoms. The highest BCUT2D eigenvalue weighted by atomic mass is 16.6. The number of hydrogen-bond acceptors (Lipinski definition) is 8. The molecule has 2 N–H and O–H groups in total. The lowest BCUT2D eigenvalue weighted by atomic mass is 9.95. The molecule has 0 bridgehead atoms. The number of nitro benzene ring substituents is 1. The third kappa shape index (κ3) is 2.95. The Morgan fingerprint density at radius 3 is 2.88 bits per heavy atom. The number of esters is 1. The first-order valence-corrected chi connectivity index (χ1v) is 7.57. The Hall–Kier alpha value is -3.46. The van der Waals surface area contributed by atoms with Gasteiger partial charge in [0.1, 0.15) is 18.4 Å². The Morgan fingerprint density at radius 1 is 1.42 bits per heavy atom. The smallest absolute Gasteiger partial charge is 0.340 e. The van der Waals surface area contributed by atoms with Crippen molar-refractivity contribution in [1.82, 2.24) is 4.98 Å². The summed E-state index contributed by atoms with van der Waals surface area (Å²) < 4.78 is 9.98. The van der Waals surface area contributed by atoms with Gasteiger partial charge in [-0.1, -0.05) is 12.1 Å². The van der Waals surface area contributed by atoms with Gasteiger partial charge in [0.05, 0.1) is 28.2 Å². The standard InChI is InChI=1S/C17H14N2O7/c1-9-13(16(21)25-6-5-20)14(15-12(18-9)8-26-17(15)22)10-3-2-4-11(7-10)19(23)24/h2-4,7-8,20,22H,5-6H2,1H3. The number of aryl methyl sites for hydroxylation is 1. The molecule has 0 unspecified atom stereocenters. The van der Waals surface area contributed by atoms with Gasteiger partial charge < -0.3 is 19.4 Å². The van der Waals surface area contributed by atoms with Crippen molar-refractivity contribution >= 4 is 22.6 Å². The zero-order valence-corrected chi connectivity index (χ0v) is 13.6. The molecule has 0 aliphatic carbocycles. The predicted octanol–water partition coefficient (Wildman–Crippen LogP) is 2.57. The Labute approximate surface area is 146 Å². The van der Waals surface area contributed by atoms with Crippen molar-refractivity contribution in [1.29, 1.82) is 0 Å². The van der Waals surface area contributed by atoms with E-state index in [1.807, 2.05) is 0 Å². The van der Waals surface area contributed by atoms with Crippen LogP contribution in [0.25, 0.3) is 22.0 Å². The molecule has 0 atom stereocenters. The van der Waals surface area contributed by atoms with Crippen molar-refractivity contribution < 1.29 is 29.1 Å². The highest BCUT2D eigenvalue weighted by Crippen LogP contribution is 2.40. The summed E-state index contributed by atoms with van der Waals surface area (Å²) in [5, 5.41) is 30.2. The molecular formula is C17H14N2O7. The number of benzene rings is 1. The first-order chi connectivity index (χ1) is 12.4.